The normalized spacial score (nSPS) is 19.7. The number of alkyl halides is 3. The zero-order chi connectivity index (χ0) is 15.9. The summed E-state index contributed by atoms with van der Waals surface area (Å²) in [6, 6.07) is 0. The third-order valence-corrected chi connectivity index (χ3v) is 4.26. The summed E-state index contributed by atoms with van der Waals surface area (Å²) >= 11 is 16.7. The number of aliphatic hydroxyl groups excluding tert-OH is 1. The number of pyridine rings is 1. The smallest absolute Gasteiger partial charge is 0.411 e. The van der Waals surface area contributed by atoms with E-state index in [1.807, 2.05) is 0 Å². The van der Waals surface area contributed by atoms with Crippen molar-refractivity contribution in [2.24, 2.45) is 0 Å². The van der Waals surface area contributed by atoms with E-state index in [2.05, 4.69) is 10.3 Å². The number of hydrogen-bond donors (Lipinski definition) is 2. The lowest BCUT2D eigenvalue weighted by molar-refractivity contribution is 0.164. The van der Waals surface area contributed by atoms with E-state index in [1.165, 1.54) is 0 Å². The van der Waals surface area contributed by atoms with Gasteiger partial charge in [-0.2, -0.15) is 0 Å². The SMILES string of the molecule is O=C(Nc1c2c(nc3c1CCC3O)CCC2)OCC(Cl)(Cl)Cl. The Morgan fingerprint density at radius 1 is 1.32 bits per heavy atom. The Bertz CT molecular complexity index is 616. The maximum absolute atomic E-state index is 11.9. The quantitative estimate of drug-likeness (QED) is 0.787. The second-order valence-electron chi connectivity index (χ2n) is 5.50. The number of ether oxygens (including phenoxy) is 1. The zero-order valence-electron chi connectivity index (χ0n) is 11.7. The lowest BCUT2D eigenvalue weighted by atomic mass is 10.1. The van der Waals surface area contributed by atoms with E-state index in [4.69, 9.17) is 39.5 Å². The molecule has 120 valence electrons. The van der Waals surface area contributed by atoms with Gasteiger partial charge in [-0.05, 0) is 37.7 Å². The second-order valence-corrected chi connectivity index (χ2v) is 8.02. The van der Waals surface area contributed by atoms with E-state index in [9.17, 15) is 9.90 Å². The number of nitrogens with one attached hydrogen (secondary N) is 1. The van der Waals surface area contributed by atoms with Crippen molar-refractivity contribution in [1.82, 2.24) is 4.98 Å². The number of fused-ring (bicyclic) bond motifs is 2. The predicted molar refractivity (Wildman–Crippen MR) is 84.8 cm³/mol. The van der Waals surface area contributed by atoms with Crippen LogP contribution in [0.4, 0.5) is 10.5 Å². The molecule has 1 aromatic rings. The first-order chi connectivity index (χ1) is 10.3. The fraction of sp³-hybridized carbons (Fsp3) is 0.571. The summed E-state index contributed by atoms with van der Waals surface area (Å²) in [4.78, 5) is 16.5. The lowest BCUT2D eigenvalue weighted by Crippen LogP contribution is -2.22. The number of halogens is 3. The van der Waals surface area contributed by atoms with Gasteiger partial charge in [-0.25, -0.2) is 4.79 Å². The Kier molecular flexibility index (Phi) is 4.42. The molecular formula is C14H15Cl3N2O3. The van der Waals surface area contributed by atoms with Crippen molar-refractivity contribution < 1.29 is 14.6 Å². The first-order valence-electron chi connectivity index (χ1n) is 7.08. The molecule has 0 aromatic carbocycles. The summed E-state index contributed by atoms with van der Waals surface area (Å²) in [5.74, 6) is 0. The van der Waals surface area contributed by atoms with Gasteiger partial charge in [0.1, 0.15) is 6.61 Å². The summed E-state index contributed by atoms with van der Waals surface area (Å²) in [6.45, 7) is -0.332. The van der Waals surface area contributed by atoms with E-state index in [0.29, 0.717) is 24.2 Å². The Labute approximate surface area is 142 Å². The molecule has 0 aliphatic heterocycles. The predicted octanol–water partition coefficient (Wildman–Crippen LogP) is 3.47. The average Bonchev–Trinajstić information content (AvgIpc) is 3.03. The highest BCUT2D eigenvalue weighted by Gasteiger charge is 2.31. The van der Waals surface area contributed by atoms with Gasteiger partial charge in [0, 0.05) is 11.3 Å². The topological polar surface area (TPSA) is 71.5 Å². The fourth-order valence-corrected chi connectivity index (χ4v) is 3.19. The van der Waals surface area contributed by atoms with Crippen LogP contribution in [0.2, 0.25) is 0 Å². The number of aromatic nitrogens is 1. The summed E-state index contributed by atoms with van der Waals surface area (Å²) in [5.41, 5.74) is 4.23. The van der Waals surface area contributed by atoms with Crippen LogP contribution >= 0.6 is 34.8 Å². The minimum atomic E-state index is -1.64. The third-order valence-electron chi connectivity index (χ3n) is 3.93. The van der Waals surface area contributed by atoms with Gasteiger partial charge in [0.05, 0.1) is 17.5 Å². The summed E-state index contributed by atoms with van der Waals surface area (Å²) < 4.78 is 3.28. The molecule has 8 heteroatoms. The molecule has 0 spiro atoms. The van der Waals surface area contributed by atoms with Gasteiger partial charge >= 0.3 is 6.09 Å². The van der Waals surface area contributed by atoms with E-state index >= 15 is 0 Å². The van der Waals surface area contributed by atoms with Crippen molar-refractivity contribution in [2.75, 3.05) is 11.9 Å². The summed E-state index contributed by atoms with van der Waals surface area (Å²) in [5, 5.41) is 12.8. The van der Waals surface area contributed by atoms with E-state index < -0.39 is 16.0 Å². The number of nitrogens with zero attached hydrogens (tertiary/aromatic N) is 1. The Morgan fingerprint density at radius 3 is 2.82 bits per heavy atom. The highest BCUT2D eigenvalue weighted by Crippen LogP contribution is 2.40. The lowest BCUT2D eigenvalue weighted by Gasteiger charge is -2.17. The minimum Gasteiger partial charge on any atom is -0.445 e. The maximum Gasteiger partial charge on any atom is 0.411 e. The number of carbonyl (C=O) groups is 1. The van der Waals surface area contributed by atoms with Crippen molar-refractivity contribution in [3.8, 4) is 0 Å². The highest BCUT2D eigenvalue weighted by molar-refractivity contribution is 6.67. The van der Waals surface area contributed by atoms with Crippen LogP contribution in [0.1, 0.15) is 41.5 Å². The molecule has 1 amide bonds. The largest absolute Gasteiger partial charge is 0.445 e. The molecule has 1 unspecified atom stereocenters. The first-order valence-corrected chi connectivity index (χ1v) is 8.21. The van der Waals surface area contributed by atoms with Crippen LogP contribution in [0.15, 0.2) is 0 Å². The van der Waals surface area contributed by atoms with E-state index in [-0.39, 0.29) is 6.61 Å². The van der Waals surface area contributed by atoms with Crippen molar-refractivity contribution >= 4 is 46.6 Å². The van der Waals surface area contributed by atoms with Crippen LogP contribution in [0.3, 0.4) is 0 Å². The molecule has 3 rings (SSSR count). The van der Waals surface area contributed by atoms with E-state index in [1.54, 1.807) is 0 Å². The second kappa shape index (κ2) is 6.04. The Balaban J connectivity index is 1.84. The van der Waals surface area contributed by atoms with Crippen molar-refractivity contribution in [2.45, 2.75) is 42.0 Å². The van der Waals surface area contributed by atoms with Gasteiger partial charge in [-0.3, -0.25) is 10.3 Å². The van der Waals surface area contributed by atoms with Gasteiger partial charge in [-0.15, -0.1) is 0 Å². The number of aryl methyl sites for hydroxylation is 1. The average molecular weight is 366 g/mol. The molecular weight excluding hydrogens is 351 g/mol. The molecule has 0 radical (unpaired) electrons. The fourth-order valence-electron chi connectivity index (χ4n) is 3.03. The van der Waals surface area contributed by atoms with Crippen LogP contribution in [0.5, 0.6) is 0 Å². The van der Waals surface area contributed by atoms with Gasteiger partial charge in [0.25, 0.3) is 0 Å². The molecule has 22 heavy (non-hydrogen) atoms. The van der Waals surface area contributed by atoms with Crippen LogP contribution in [0, 0.1) is 0 Å². The van der Waals surface area contributed by atoms with Gasteiger partial charge in [0.15, 0.2) is 0 Å². The van der Waals surface area contributed by atoms with Crippen LogP contribution < -0.4 is 5.32 Å². The molecule has 0 saturated carbocycles. The monoisotopic (exact) mass is 364 g/mol. The van der Waals surface area contributed by atoms with Gasteiger partial charge in [-0.1, -0.05) is 34.8 Å². The first kappa shape index (κ1) is 16.1. The van der Waals surface area contributed by atoms with Gasteiger partial charge in [0.2, 0.25) is 3.79 Å². The number of amides is 1. The number of anilines is 1. The third kappa shape index (κ3) is 3.27. The van der Waals surface area contributed by atoms with Crippen molar-refractivity contribution in [1.29, 1.82) is 0 Å². The van der Waals surface area contributed by atoms with Crippen LogP contribution in [-0.4, -0.2) is 26.6 Å². The van der Waals surface area contributed by atoms with Crippen LogP contribution in [0.25, 0.3) is 0 Å². The molecule has 1 heterocycles. The molecule has 0 bridgehead atoms. The number of aliphatic hydroxyl groups is 1. The molecule has 2 aliphatic rings. The molecule has 5 nitrogen and oxygen atoms in total. The Hall–Kier alpha value is -0.750. The number of hydrogen-bond acceptors (Lipinski definition) is 4. The van der Waals surface area contributed by atoms with E-state index in [0.717, 1.165) is 36.1 Å². The Morgan fingerprint density at radius 2 is 2.09 bits per heavy atom. The zero-order valence-corrected chi connectivity index (χ0v) is 13.9. The number of rotatable bonds is 2. The van der Waals surface area contributed by atoms with Crippen LogP contribution in [-0.2, 0) is 24.0 Å². The van der Waals surface area contributed by atoms with Crippen molar-refractivity contribution in [3.05, 3.63) is 22.5 Å². The summed E-state index contributed by atoms with van der Waals surface area (Å²) in [6.07, 6.45) is 2.74. The van der Waals surface area contributed by atoms with Gasteiger partial charge < -0.3 is 9.84 Å². The van der Waals surface area contributed by atoms with Crippen molar-refractivity contribution in [3.63, 3.8) is 0 Å². The number of carbonyl (C=O) groups excluding carboxylic acids is 1. The highest BCUT2D eigenvalue weighted by atomic mass is 35.6. The molecule has 1 atom stereocenters. The molecule has 2 aliphatic carbocycles. The summed E-state index contributed by atoms with van der Waals surface area (Å²) in [7, 11) is 0. The minimum absolute atomic E-state index is 0.332. The maximum atomic E-state index is 11.9. The molecule has 0 fully saturated rings. The standard InChI is InChI=1S/C14H15Cl3N2O3/c15-14(16,17)6-22-13(21)19-11-7-2-1-3-9(7)18-12-8(11)4-5-10(12)20/h10,20H,1-6H2,(H,18,19,21). The molecule has 0 saturated heterocycles. The molecule has 2 N–H and O–H groups in total. The molecule has 1 aromatic heterocycles.